The van der Waals surface area contributed by atoms with Gasteiger partial charge >= 0.3 is 71.1 Å². The van der Waals surface area contributed by atoms with Gasteiger partial charge in [-0.05, 0) is 13.8 Å². The maximum atomic E-state index is 11.8. The third-order valence-electron chi connectivity index (χ3n) is 1.15. The quantitative estimate of drug-likeness (QED) is 0.222. The van der Waals surface area contributed by atoms with Crippen molar-refractivity contribution in [1.82, 2.24) is 0 Å². The molecule has 0 fully saturated rings. The normalized spacial score (nSPS) is 10.0. The summed E-state index contributed by atoms with van der Waals surface area (Å²) in [4.78, 5) is 20.2. The number of carbonyl (C=O) groups is 2. The van der Waals surface area contributed by atoms with E-state index in [-0.39, 0.29) is 84.9 Å². The summed E-state index contributed by atoms with van der Waals surface area (Å²) in [5.74, 6) is -5.19. The monoisotopic (exact) mass is 312 g/mol. The first kappa shape index (κ1) is 28.1. The number of carbonyl (C=O) groups excluding carboxylic acids is 2. The van der Waals surface area contributed by atoms with Crippen LogP contribution in [0.25, 0.3) is 0 Å². The second-order valence-corrected chi connectivity index (χ2v) is 2.37. The fourth-order valence-electron chi connectivity index (χ4n) is 0.496. The van der Waals surface area contributed by atoms with Crippen LogP contribution in [0, 0.1) is 0 Å². The Morgan fingerprint density at radius 1 is 0.900 bits per heavy atom. The Bertz CT molecular complexity index is 302. The van der Waals surface area contributed by atoms with Gasteiger partial charge in [0.05, 0.1) is 13.2 Å². The summed E-state index contributed by atoms with van der Waals surface area (Å²) >= 11 is 0. The fourth-order valence-corrected chi connectivity index (χ4v) is 0.496. The predicted octanol–water partition coefficient (Wildman–Crippen LogP) is -6.55. The molecule has 104 valence electrons. The molecule has 0 rings (SSSR count). The number of ether oxygens (including phenoxy) is 2. The van der Waals surface area contributed by atoms with Crippen molar-refractivity contribution in [2.24, 2.45) is 0 Å². The van der Waals surface area contributed by atoms with Gasteiger partial charge in [-0.15, -0.1) is 12.5 Å². The molecule has 0 aromatic heterocycles. The molecule has 0 radical (unpaired) electrons. The maximum absolute atomic E-state index is 11.8. The first-order valence-electron chi connectivity index (χ1n) is 4.73. The molecule has 10 heteroatoms. The van der Waals surface area contributed by atoms with E-state index < -0.39 is 23.6 Å². The molecule has 6 nitrogen and oxygen atoms in total. The largest absolute Gasteiger partial charge is 1.00 e. The number of hydrogen-bond acceptors (Lipinski definition) is 6. The predicted molar refractivity (Wildman–Crippen MR) is 51.6 cm³/mol. The average molecular weight is 312 g/mol. The van der Waals surface area contributed by atoms with Gasteiger partial charge in [-0.3, -0.25) is 0 Å². The molecular weight excluding hydrogens is 300 g/mol. The third-order valence-corrected chi connectivity index (χ3v) is 1.15. The van der Waals surface area contributed by atoms with Gasteiger partial charge in [-0.2, -0.15) is 0 Å². The molecule has 0 unspecified atom stereocenters. The summed E-state index contributed by atoms with van der Waals surface area (Å²) in [6, 6.07) is 0. The Labute approximate surface area is 159 Å². The van der Waals surface area contributed by atoms with Gasteiger partial charge in [0.25, 0.3) is 0 Å². The molecule has 20 heavy (non-hydrogen) atoms. The number of hydrogen-bond donors (Lipinski definition) is 0. The molecule has 0 saturated carbocycles. The third kappa shape index (κ3) is 15.9. The molecular formula is C10H12F2Na2O6. The Morgan fingerprint density at radius 2 is 1.15 bits per heavy atom. The van der Waals surface area contributed by atoms with Crippen LogP contribution < -0.4 is 69.3 Å². The Hall–Kier alpha value is -0.120. The van der Waals surface area contributed by atoms with Crippen molar-refractivity contribution >= 4 is 11.9 Å². The van der Waals surface area contributed by atoms with Crippen LogP contribution in [0.2, 0.25) is 0 Å². The number of esters is 2. The van der Waals surface area contributed by atoms with E-state index in [0.29, 0.717) is 0 Å². The summed E-state index contributed by atoms with van der Waals surface area (Å²) in [5, 5.41) is 19.0. The summed E-state index contributed by atoms with van der Waals surface area (Å²) in [5.41, 5.74) is 0. The molecule has 0 spiro atoms. The van der Waals surface area contributed by atoms with Gasteiger partial charge in [0.2, 0.25) is 0 Å². The Morgan fingerprint density at radius 3 is 1.30 bits per heavy atom. The van der Waals surface area contributed by atoms with Crippen LogP contribution in [0.1, 0.15) is 13.8 Å². The zero-order valence-corrected chi connectivity index (χ0v) is 15.8. The molecule has 0 aromatic rings. The van der Waals surface area contributed by atoms with Crippen molar-refractivity contribution in [1.29, 1.82) is 0 Å². The van der Waals surface area contributed by atoms with Crippen LogP contribution in [0.5, 0.6) is 0 Å². The minimum Gasteiger partial charge on any atom is -0.876 e. The Kier molecular flexibility index (Phi) is 26.5. The summed E-state index contributed by atoms with van der Waals surface area (Å²) in [6.07, 6.45) is -0.365. The van der Waals surface area contributed by atoms with Crippen molar-refractivity contribution < 1.29 is 97.2 Å². The minimum atomic E-state index is -1.39. The van der Waals surface area contributed by atoms with E-state index in [9.17, 15) is 28.6 Å². The number of halogens is 2. The standard InChI is InChI=1S/2C5H7FO3.2Na/c2*1-2-9-5(8)4(6)3-7;;/h2*3,7H,2H2,1H3;;/q;;2*+1/p-2. The second kappa shape index (κ2) is 18.9. The topological polar surface area (TPSA) is 98.7 Å². The van der Waals surface area contributed by atoms with Gasteiger partial charge in [0.15, 0.2) is 11.7 Å². The molecule has 0 aliphatic carbocycles. The zero-order valence-electron chi connectivity index (χ0n) is 11.8. The van der Waals surface area contributed by atoms with E-state index in [2.05, 4.69) is 9.47 Å². The first-order valence-corrected chi connectivity index (χ1v) is 4.73. The molecule has 0 aliphatic rings. The van der Waals surface area contributed by atoms with E-state index >= 15 is 0 Å². The van der Waals surface area contributed by atoms with Crippen LogP contribution in [0.4, 0.5) is 8.78 Å². The summed E-state index contributed by atoms with van der Waals surface area (Å²) < 4.78 is 31.8. The molecule has 0 atom stereocenters. The van der Waals surface area contributed by atoms with Crippen LogP contribution in [0.15, 0.2) is 24.2 Å². The van der Waals surface area contributed by atoms with Gasteiger partial charge in [-0.25, -0.2) is 18.4 Å². The van der Waals surface area contributed by atoms with Gasteiger partial charge in [0.1, 0.15) is 0 Å². The second-order valence-electron chi connectivity index (χ2n) is 2.37. The molecule has 0 amide bonds. The zero-order chi connectivity index (χ0) is 14.6. The fraction of sp³-hybridized carbons (Fsp3) is 0.400. The molecule has 0 heterocycles. The molecule has 0 aromatic carbocycles. The minimum absolute atomic E-state index is 0. The molecule has 0 aliphatic heterocycles. The smallest absolute Gasteiger partial charge is 0.876 e. The Balaban J connectivity index is -0.000000116. The van der Waals surface area contributed by atoms with Crippen molar-refractivity contribution in [2.45, 2.75) is 13.8 Å². The molecule has 0 bridgehead atoms. The van der Waals surface area contributed by atoms with Crippen molar-refractivity contribution in [2.75, 3.05) is 13.2 Å². The molecule has 0 saturated heterocycles. The van der Waals surface area contributed by atoms with Crippen LogP contribution >= 0.6 is 0 Å². The van der Waals surface area contributed by atoms with Crippen molar-refractivity contribution in [3.8, 4) is 0 Å². The van der Waals surface area contributed by atoms with Crippen LogP contribution in [0.3, 0.4) is 0 Å². The van der Waals surface area contributed by atoms with Crippen LogP contribution in [-0.2, 0) is 19.1 Å². The van der Waals surface area contributed by atoms with E-state index in [1.165, 1.54) is 13.8 Å². The van der Waals surface area contributed by atoms with E-state index in [1.807, 2.05) is 0 Å². The van der Waals surface area contributed by atoms with E-state index in [0.717, 1.165) is 0 Å². The number of rotatable bonds is 4. The SMILES string of the molecule is CCOC(=O)C(F)=C[O-].CCOC(=O)C(F)=C[O-].[Na+].[Na+]. The van der Waals surface area contributed by atoms with E-state index in [1.54, 1.807) is 0 Å². The molecule has 0 N–H and O–H groups in total. The van der Waals surface area contributed by atoms with Gasteiger partial charge in [-0.1, -0.05) is 0 Å². The van der Waals surface area contributed by atoms with Gasteiger partial charge < -0.3 is 19.7 Å². The van der Waals surface area contributed by atoms with Crippen LogP contribution in [-0.4, -0.2) is 25.2 Å². The van der Waals surface area contributed by atoms with E-state index in [4.69, 9.17) is 0 Å². The first-order chi connectivity index (χ1) is 8.44. The summed E-state index contributed by atoms with van der Waals surface area (Å²) in [6.45, 7) is 3.19. The van der Waals surface area contributed by atoms with Crippen molar-refractivity contribution in [3.63, 3.8) is 0 Å². The summed E-state index contributed by atoms with van der Waals surface area (Å²) in [7, 11) is 0. The van der Waals surface area contributed by atoms with Gasteiger partial charge in [0, 0.05) is 0 Å². The maximum Gasteiger partial charge on any atom is 1.00 e. The average Bonchev–Trinajstić information content (AvgIpc) is 2.38. The van der Waals surface area contributed by atoms with Crippen molar-refractivity contribution in [3.05, 3.63) is 24.2 Å².